The monoisotopic (exact) mass is 276 g/mol. The largest absolute Gasteiger partial charge is 0.496 e. The Morgan fingerprint density at radius 2 is 1.85 bits per heavy atom. The van der Waals surface area contributed by atoms with Crippen LogP contribution in [-0.4, -0.2) is 12.9 Å². The van der Waals surface area contributed by atoms with Crippen molar-refractivity contribution in [3.05, 3.63) is 64.7 Å². The minimum Gasteiger partial charge on any atom is -0.496 e. The van der Waals surface area contributed by atoms with Gasteiger partial charge in [0.15, 0.2) is 17.4 Å². The number of Topliss-reactive ketones (excluding diaryl/α,β-unsaturated/α-hetero) is 1. The van der Waals surface area contributed by atoms with Crippen molar-refractivity contribution in [3.8, 4) is 5.75 Å². The molecule has 4 heteroatoms. The number of ether oxygens (including phenoxy) is 1. The summed E-state index contributed by atoms with van der Waals surface area (Å²) in [6.07, 6.45) is 0.0793. The summed E-state index contributed by atoms with van der Waals surface area (Å²) in [6, 6.07) is 8.66. The molecule has 0 spiro atoms. The van der Waals surface area contributed by atoms with E-state index in [1.165, 1.54) is 13.2 Å². The molecule has 0 aliphatic heterocycles. The molecule has 104 valence electrons. The molecule has 0 fully saturated rings. The highest BCUT2D eigenvalue weighted by Crippen LogP contribution is 2.22. The molecule has 2 aromatic rings. The zero-order valence-corrected chi connectivity index (χ0v) is 11.2. The van der Waals surface area contributed by atoms with Crippen LogP contribution in [0.4, 0.5) is 8.78 Å². The number of benzene rings is 2. The maximum absolute atomic E-state index is 13.1. The van der Waals surface area contributed by atoms with Crippen molar-refractivity contribution in [1.29, 1.82) is 0 Å². The summed E-state index contributed by atoms with van der Waals surface area (Å²) >= 11 is 0. The molecular weight excluding hydrogens is 262 g/mol. The number of carbonyl (C=O) groups excluding carboxylic acids is 1. The van der Waals surface area contributed by atoms with Gasteiger partial charge in [-0.15, -0.1) is 0 Å². The predicted molar refractivity (Wildman–Crippen MR) is 72.1 cm³/mol. The molecule has 0 radical (unpaired) electrons. The summed E-state index contributed by atoms with van der Waals surface area (Å²) in [6.45, 7) is 1.91. The second kappa shape index (κ2) is 5.82. The molecule has 0 aliphatic carbocycles. The molecule has 0 N–H and O–H groups in total. The van der Waals surface area contributed by atoms with Crippen LogP contribution in [0.3, 0.4) is 0 Å². The Bertz CT molecular complexity index is 651. The van der Waals surface area contributed by atoms with Crippen LogP contribution in [0.15, 0.2) is 36.4 Å². The third-order valence-corrected chi connectivity index (χ3v) is 3.03. The van der Waals surface area contributed by atoms with Gasteiger partial charge < -0.3 is 4.74 Å². The lowest BCUT2D eigenvalue weighted by Gasteiger charge is -2.09. The van der Waals surface area contributed by atoms with Crippen molar-refractivity contribution in [2.75, 3.05) is 7.11 Å². The van der Waals surface area contributed by atoms with Crippen LogP contribution in [0.1, 0.15) is 21.5 Å². The van der Waals surface area contributed by atoms with Gasteiger partial charge in [0.25, 0.3) is 0 Å². The number of methoxy groups -OCH3 is 1. The summed E-state index contributed by atoms with van der Waals surface area (Å²) in [5, 5.41) is 0. The Morgan fingerprint density at radius 1 is 1.10 bits per heavy atom. The fourth-order valence-electron chi connectivity index (χ4n) is 1.99. The summed E-state index contributed by atoms with van der Waals surface area (Å²) in [4.78, 5) is 12.1. The lowest BCUT2D eigenvalue weighted by Crippen LogP contribution is -2.06. The highest BCUT2D eigenvalue weighted by Gasteiger charge is 2.13. The van der Waals surface area contributed by atoms with E-state index in [0.29, 0.717) is 5.75 Å². The first kappa shape index (κ1) is 14.2. The molecule has 20 heavy (non-hydrogen) atoms. The van der Waals surface area contributed by atoms with Gasteiger partial charge >= 0.3 is 0 Å². The Labute approximate surface area is 116 Å². The molecule has 0 unspecified atom stereocenters. The van der Waals surface area contributed by atoms with Gasteiger partial charge in [-0.25, -0.2) is 8.78 Å². The van der Waals surface area contributed by atoms with Gasteiger partial charge in [0.05, 0.1) is 7.11 Å². The van der Waals surface area contributed by atoms with Crippen LogP contribution in [0.2, 0.25) is 0 Å². The number of halogens is 2. The fraction of sp³-hybridized carbons (Fsp3) is 0.188. The third kappa shape index (κ3) is 3.02. The number of hydrogen-bond donors (Lipinski definition) is 0. The number of hydrogen-bond acceptors (Lipinski definition) is 2. The number of carbonyl (C=O) groups is 1. The molecule has 0 saturated carbocycles. The van der Waals surface area contributed by atoms with E-state index < -0.39 is 11.6 Å². The van der Waals surface area contributed by atoms with E-state index in [9.17, 15) is 13.6 Å². The smallest absolute Gasteiger partial charge is 0.167 e. The minimum absolute atomic E-state index is 0.0793. The zero-order chi connectivity index (χ0) is 14.7. The Morgan fingerprint density at radius 3 is 2.50 bits per heavy atom. The Kier molecular flexibility index (Phi) is 4.13. The molecule has 0 heterocycles. The number of rotatable bonds is 4. The fourth-order valence-corrected chi connectivity index (χ4v) is 1.99. The van der Waals surface area contributed by atoms with Gasteiger partial charge in [0.1, 0.15) is 5.75 Å². The maximum Gasteiger partial charge on any atom is 0.167 e. The summed E-state index contributed by atoms with van der Waals surface area (Å²) in [7, 11) is 1.52. The first-order valence-corrected chi connectivity index (χ1v) is 6.13. The van der Waals surface area contributed by atoms with Gasteiger partial charge in [-0.05, 0) is 31.2 Å². The molecule has 2 nitrogen and oxygen atoms in total. The molecule has 0 aromatic heterocycles. The van der Waals surface area contributed by atoms with E-state index in [1.807, 2.05) is 19.1 Å². The van der Waals surface area contributed by atoms with Crippen molar-refractivity contribution >= 4 is 5.78 Å². The van der Waals surface area contributed by atoms with Gasteiger partial charge in [-0.1, -0.05) is 17.7 Å². The first-order chi connectivity index (χ1) is 9.51. The highest BCUT2D eigenvalue weighted by atomic mass is 19.2. The topological polar surface area (TPSA) is 26.3 Å². The normalized spacial score (nSPS) is 10.4. The quantitative estimate of drug-likeness (QED) is 0.796. The Balaban J connectivity index is 2.27. The van der Waals surface area contributed by atoms with E-state index in [1.54, 1.807) is 6.07 Å². The lowest BCUT2D eigenvalue weighted by molar-refractivity contribution is 0.0991. The summed E-state index contributed by atoms with van der Waals surface area (Å²) in [5.74, 6) is -1.67. The first-order valence-electron chi connectivity index (χ1n) is 6.13. The second-order valence-electron chi connectivity index (χ2n) is 4.54. The SMILES string of the molecule is COc1ccc(C)cc1CC(=O)c1ccc(F)c(F)c1. The molecule has 0 bridgehead atoms. The van der Waals surface area contributed by atoms with Crippen LogP contribution >= 0.6 is 0 Å². The van der Waals surface area contributed by atoms with Crippen molar-refractivity contribution in [3.63, 3.8) is 0 Å². The molecule has 0 amide bonds. The Hall–Kier alpha value is -2.23. The number of ketones is 1. The van der Waals surface area contributed by atoms with Crippen LogP contribution in [0.5, 0.6) is 5.75 Å². The average Bonchev–Trinajstić information content (AvgIpc) is 2.42. The van der Waals surface area contributed by atoms with E-state index in [-0.39, 0.29) is 17.8 Å². The minimum atomic E-state index is -1.02. The molecule has 2 aromatic carbocycles. The second-order valence-corrected chi connectivity index (χ2v) is 4.54. The van der Waals surface area contributed by atoms with E-state index in [0.717, 1.165) is 23.3 Å². The van der Waals surface area contributed by atoms with Crippen LogP contribution in [0.25, 0.3) is 0 Å². The van der Waals surface area contributed by atoms with Gasteiger partial charge in [0.2, 0.25) is 0 Å². The zero-order valence-electron chi connectivity index (χ0n) is 11.2. The van der Waals surface area contributed by atoms with Crippen molar-refractivity contribution < 1.29 is 18.3 Å². The maximum atomic E-state index is 13.1. The summed E-state index contributed by atoms with van der Waals surface area (Å²) < 4.78 is 31.2. The molecule has 0 aliphatic rings. The van der Waals surface area contributed by atoms with Gasteiger partial charge in [-0.2, -0.15) is 0 Å². The molecular formula is C16H14F2O2. The standard InChI is InChI=1S/C16H14F2O2/c1-10-3-6-16(20-2)12(7-10)9-15(19)11-4-5-13(17)14(18)8-11/h3-8H,9H2,1-2H3. The summed E-state index contributed by atoms with van der Waals surface area (Å²) in [5.41, 5.74) is 1.87. The van der Waals surface area contributed by atoms with Crippen molar-refractivity contribution in [1.82, 2.24) is 0 Å². The van der Waals surface area contributed by atoms with Gasteiger partial charge in [-0.3, -0.25) is 4.79 Å². The predicted octanol–water partition coefficient (Wildman–Crippen LogP) is 3.71. The van der Waals surface area contributed by atoms with Gasteiger partial charge in [0, 0.05) is 17.5 Å². The van der Waals surface area contributed by atoms with Crippen molar-refractivity contribution in [2.45, 2.75) is 13.3 Å². The lowest BCUT2D eigenvalue weighted by atomic mass is 10.0. The third-order valence-electron chi connectivity index (χ3n) is 3.03. The van der Waals surface area contributed by atoms with E-state index >= 15 is 0 Å². The highest BCUT2D eigenvalue weighted by molar-refractivity contribution is 5.97. The molecule has 0 atom stereocenters. The average molecular weight is 276 g/mol. The number of aryl methyl sites for hydroxylation is 1. The molecule has 0 saturated heterocycles. The molecule has 2 rings (SSSR count). The van der Waals surface area contributed by atoms with Crippen LogP contribution in [-0.2, 0) is 6.42 Å². The van der Waals surface area contributed by atoms with E-state index in [2.05, 4.69) is 0 Å². The van der Waals surface area contributed by atoms with Crippen LogP contribution in [0, 0.1) is 18.6 Å². The van der Waals surface area contributed by atoms with Crippen molar-refractivity contribution in [2.24, 2.45) is 0 Å². The van der Waals surface area contributed by atoms with E-state index in [4.69, 9.17) is 4.74 Å². The van der Waals surface area contributed by atoms with Crippen LogP contribution < -0.4 is 4.74 Å².